The van der Waals surface area contributed by atoms with Crippen molar-refractivity contribution in [2.45, 2.75) is 26.5 Å². The molecule has 2 N–H and O–H groups in total. The van der Waals surface area contributed by atoms with Gasteiger partial charge in [-0.05, 0) is 39.5 Å². The van der Waals surface area contributed by atoms with E-state index >= 15 is 0 Å². The maximum atomic E-state index is 5.88. The van der Waals surface area contributed by atoms with Crippen LogP contribution in [0.25, 0.3) is 0 Å². The molecule has 0 amide bonds. The third-order valence-corrected chi connectivity index (χ3v) is 4.86. The van der Waals surface area contributed by atoms with Crippen molar-refractivity contribution in [3.8, 4) is 5.75 Å². The Bertz CT molecular complexity index is 601. The summed E-state index contributed by atoms with van der Waals surface area (Å²) in [5.41, 5.74) is 1.15. The summed E-state index contributed by atoms with van der Waals surface area (Å²) in [6.07, 6.45) is 0.191. The molecule has 0 bridgehead atoms. The molecule has 1 aliphatic heterocycles. The van der Waals surface area contributed by atoms with Crippen LogP contribution in [-0.4, -0.2) is 63.9 Å². The molecule has 0 aliphatic carbocycles. The highest BCUT2D eigenvalue weighted by molar-refractivity contribution is 14.0. The molecule has 0 aromatic heterocycles. The van der Waals surface area contributed by atoms with Crippen molar-refractivity contribution < 1.29 is 9.47 Å². The van der Waals surface area contributed by atoms with Crippen molar-refractivity contribution in [2.24, 2.45) is 10.9 Å². The number of aliphatic imine (C=N–C) groups is 1. The number of nitrogens with zero attached hydrogens (tertiary/aromatic N) is 2. The van der Waals surface area contributed by atoms with E-state index in [1.165, 1.54) is 0 Å². The van der Waals surface area contributed by atoms with Crippen molar-refractivity contribution in [3.63, 3.8) is 0 Å². The number of benzene rings is 1. The number of morpholine rings is 1. The van der Waals surface area contributed by atoms with Crippen molar-refractivity contribution in [2.75, 3.05) is 46.9 Å². The average molecular weight is 555 g/mol. The number of guanidine groups is 1. The highest BCUT2D eigenvalue weighted by Crippen LogP contribution is 2.25. The molecule has 154 valence electrons. The first-order chi connectivity index (χ1) is 12.5. The van der Waals surface area contributed by atoms with Gasteiger partial charge in [0.2, 0.25) is 0 Å². The molecule has 1 aliphatic rings. The molecule has 1 fully saturated rings. The van der Waals surface area contributed by atoms with Crippen LogP contribution < -0.4 is 15.4 Å². The maximum Gasteiger partial charge on any atom is 0.191 e. The molecule has 1 heterocycles. The zero-order valence-electron chi connectivity index (χ0n) is 16.6. The number of nitrogens with one attached hydrogen (secondary N) is 2. The Hall–Kier alpha value is -0.580. The van der Waals surface area contributed by atoms with Gasteiger partial charge in [0.25, 0.3) is 0 Å². The molecule has 2 rings (SSSR count). The molecule has 1 atom stereocenters. The van der Waals surface area contributed by atoms with Crippen LogP contribution in [0.3, 0.4) is 0 Å². The third-order valence-electron chi connectivity index (χ3n) is 4.24. The lowest BCUT2D eigenvalue weighted by Gasteiger charge is -2.34. The largest absolute Gasteiger partial charge is 0.496 e. The average Bonchev–Trinajstić information content (AvgIpc) is 2.62. The van der Waals surface area contributed by atoms with Gasteiger partial charge < -0.3 is 20.1 Å². The SMILES string of the molecule is CN=C(NCc1ccc(OC)c(Br)c1)NCC1CN(CC(C)C)CCO1.I. The smallest absolute Gasteiger partial charge is 0.191 e. The maximum absolute atomic E-state index is 5.88. The second-order valence-corrected chi connectivity index (χ2v) is 7.78. The topological polar surface area (TPSA) is 58.1 Å². The number of hydrogen-bond donors (Lipinski definition) is 2. The predicted molar refractivity (Wildman–Crippen MR) is 125 cm³/mol. The first-order valence-corrected chi connectivity index (χ1v) is 9.92. The van der Waals surface area contributed by atoms with Gasteiger partial charge in [-0.2, -0.15) is 0 Å². The number of hydrogen-bond acceptors (Lipinski definition) is 4. The molecule has 1 aromatic rings. The Morgan fingerprint density at radius 3 is 2.81 bits per heavy atom. The Morgan fingerprint density at radius 1 is 1.41 bits per heavy atom. The zero-order valence-corrected chi connectivity index (χ0v) is 20.5. The van der Waals surface area contributed by atoms with Crippen LogP contribution in [0, 0.1) is 5.92 Å². The Labute approximate surface area is 188 Å². The minimum atomic E-state index is 0. The van der Waals surface area contributed by atoms with E-state index in [9.17, 15) is 0 Å². The second kappa shape index (κ2) is 12.8. The quantitative estimate of drug-likeness (QED) is 0.308. The molecule has 0 radical (unpaired) electrons. The molecular weight excluding hydrogens is 523 g/mol. The van der Waals surface area contributed by atoms with E-state index in [0.29, 0.717) is 12.5 Å². The normalized spacial score (nSPS) is 18.1. The fourth-order valence-corrected chi connectivity index (χ4v) is 3.61. The molecule has 1 saturated heterocycles. The lowest BCUT2D eigenvalue weighted by Crippen LogP contribution is -2.50. The first-order valence-electron chi connectivity index (χ1n) is 9.12. The number of rotatable bonds is 7. The van der Waals surface area contributed by atoms with Crippen LogP contribution >= 0.6 is 39.9 Å². The van der Waals surface area contributed by atoms with E-state index in [2.05, 4.69) is 50.3 Å². The lowest BCUT2D eigenvalue weighted by atomic mass is 10.2. The van der Waals surface area contributed by atoms with E-state index in [0.717, 1.165) is 54.5 Å². The molecule has 6 nitrogen and oxygen atoms in total. The van der Waals surface area contributed by atoms with Crippen molar-refractivity contribution >= 4 is 45.9 Å². The van der Waals surface area contributed by atoms with Crippen LogP contribution in [0.4, 0.5) is 0 Å². The van der Waals surface area contributed by atoms with E-state index in [1.807, 2.05) is 18.2 Å². The standard InChI is InChI=1S/C19H31BrN4O2.HI/c1-14(2)12-24-7-8-26-16(13-24)11-23-19(21-3)22-10-15-5-6-18(25-4)17(20)9-15;/h5-6,9,14,16H,7-8,10-13H2,1-4H3,(H2,21,22,23);1H. The van der Waals surface area contributed by atoms with Gasteiger partial charge in [0, 0.05) is 39.8 Å². The van der Waals surface area contributed by atoms with Crippen LogP contribution in [0.2, 0.25) is 0 Å². The first kappa shape index (κ1) is 24.5. The number of methoxy groups -OCH3 is 1. The Balaban J connectivity index is 0.00000364. The summed E-state index contributed by atoms with van der Waals surface area (Å²) in [4.78, 5) is 6.78. The van der Waals surface area contributed by atoms with Gasteiger partial charge in [-0.3, -0.25) is 9.89 Å². The number of ether oxygens (including phenoxy) is 2. The summed E-state index contributed by atoms with van der Waals surface area (Å²) < 4.78 is 12.1. The van der Waals surface area contributed by atoms with Crippen LogP contribution in [-0.2, 0) is 11.3 Å². The van der Waals surface area contributed by atoms with Crippen molar-refractivity contribution in [1.29, 1.82) is 0 Å². The molecule has 0 spiro atoms. The molecule has 8 heteroatoms. The Kier molecular flexibility index (Phi) is 11.6. The summed E-state index contributed by atoms with van der Waals surface area (Å²) in [5.74, 6) is 2.29. The molecule has 1 unspecified atom stereocenters. The Morgan fingerprint density at radius 2 is 2.19 bits per heavy atom. The summed E-state index contributed by atoms with van der Waals surface area (Å²) in [6, 6.07) is 6.04. The van der Waals surface area contributed by atoms with E-state index in [1.54, 1.807) is 14.2 Å². The molecule has 27 heavy (non-hydrogen) atoms. The lowest BCUT2D eigenvalue weighted by molar-refractivity contribution is -0.0284. The highest BCUT2D eigenvalue weighted by atomic mass is 127. The summed E-state index contributed by atoms with van der Waals surface area (Å²) in [5, 5.41) is 6.71. The molecule has 0 saturated carbocycles. The van der Waals surface area contributed by atoms with E-state index in [-0.39, 0.29) is 30.1 Å². The summed E-state index contributed by atoms with van der Waals surface area (Å²) >= 11 is 3.52. The van der Waals surface area contributed by atoms with Gasteiger partial charge in [-0.15, -0.1) is 24.0 Å². The summed E-state index contributed by atoms with van der Waals surface area (Å²) in [6.45, 7) is 9.86. The van der Waals surface area contributed by atoms with Gasteiger partial charge in [-0.1, -0.05) is 19.9 Å². The molecular formula is C19H32BrIN4O2. The minimum Gasteiger partial charge on any atom is -0.496 e. The van der Waals surface area contributed by atoms with Gasteiger partial charge in [0.1, 0.15) is 5.75 Å². The van der Waals surface area contributed by atoms with Gasteiger partial charge in [0.05, 0.1) is 24.3 Å². The van der Waals surface area contributed by atoms with Crippen molar-refractivity contribution in [3.05, 3.63) is 28.2 Å². The fourth-order valence-electron chi connectivity index (χ4n) is 3.02. The molecule has 1 aromatic carbocycles. The number of halogens is 2. The fraction of sp³-hybridized carbons (Fsp3) is 0.632. The van der Waals surface area contributed by atoms with Crippen LogP contribution in [0.1, 0.15) is 19.4 Å². The van der Waals surface area contributed by atoms with E-state index in [4.69, 9.17) is 9.47 Å². The van der Waals surface area contributed by atoms with Crippen LogP contribution in [0.5, 0.6) is 5.75 Å². The third kappa shape index (κ3) is 8.53. The van der Waals surface area contributed by atoms with Gasteiger partial charge in [0.15, 0.2) is 5.96 Å². The highest BCUT2D eigenvalue weighted by Gasteiger charge is 2.21. The van der Waals surface area contributed by atoms with Gasteiger partial charge >= 0.3 is 0 Å². The predicted octanol–water partition coefficient (Wildman–Crippen LogP) is 3.10. The zero-order chi connectivity index (χ0) is 18.9. The van der Waals surface area contributed by atoms with Crippen LogP contribution in [0.15, 0.2) is 27.7 Å². The van der Waals surface area contributed by atoms with Gasteiger partial charge in [-0.25, -0.2) is 0 Å². The van der Waals surface area contributed by atoms with Crippen molar-refractivity contribution in [1.82, 2.24) is 15.5 Å². The van der Waals surface area contributed by atoms with E-state index < -0.39 is 0 Å². The minimum absolute atomic E-state index is 0. The monoisotopic (exact) mass is 554 g/mol. The second-order valence-electron chi connectivity index (χ2n) is 6.92. The summed E-state index contributed by atoms with van der Waals surface area (Å²) in [7, 11) is 3.45.